The Bertz CT molecular complexity index is 1100. The van der Waals surface area contributed by atoms with Crippen molar-refractivity contribution >= 4 is 49.7 Å². The Kier molecular flexibility index (Phi) is 5.62. The maximum Gasteiger partial charge on any atom is 0.232 e. The van der Waals surface area contributed by atoms with Crippen LogP contribution in [0.1, 0.15) is 12.5 Å². The van der Waals surface area contributed by atoms with Crippen LogP contribution < -0.4 is 10.0 Å². The maximum atomic E-state index is 12.4. The Hall–Kier alpha value is -2.64. The van der Waals surface area contributed by atoms with Crippen molar-refractivity contribution in [3.8, 4) is 0 Å². The fourth-order valence-electron chi connectivity index (χ4n) is 2.61. The minimum Gasteiger partial charge on any atom is -0.324 e. The number of anilines is 2. The highest BCUT2D eigenvalue weighted by Gasteiger charge is 2.11. The molecule has 140 valence electrons. The number of hydrogen-bond acceptors (Lipinski definition) is 4. The molecule has 27 heavy (non-hydrogen) atoms. The molecule has 2 N–H and O–H groups in total. The first-order chi connectivity index (χ1) is 12.9. The smallest absolute Gasteiger partial charge is 0.232 e. The van der Waals surface area contributed by atoms with Crippen molar-refractivity contribution in [3.05, 3.63) is 65.4 Å². The number of sulfonamides is 1. The average Bonchev–Trinajstić information content (AvgIpc) is 2.62. The molecular weight excluding hydrogens is 386 g/mol. The van der Waals surface area contributed by atoms with Gasteiger partial charge in [0.25, 0.3) is 0 Å². The van der Waals surface area contributed by atoms with E-state index in [4.69, 9.17) is 11.6 Å². The van der Waals surface area contributed by atoms with Gasteiger partial charge in [-0.15, -0.1) is 0 Å². The Morgan fingerprint density at radius 2 is 1.96 bits per heavy atom. The van der Waals surface area contributed by atoms with E-state index in [-0.39, 0.29) is 18.1 Å². The van der Waals surface area contributed by atoms with E-state index >= 15 is 0 Å². The van der Waals surface area contributed by atoms with Gasteiger partial charge in [-0.2, -0.15) is 0 Å². The second-order valence-electron chi connectivity index (χ2n) is 5.98. The zero-order chi connectivity index (χ0) is 19.4. The van der Waals surface area contributed by atoms with Gasteiger partial charge >= 0.3 is 0 Å². The number of benzene rings is 2. The molecule has 1 amide bonds. The molecule has 0 unspecified atom stereocenters. The first-order valence-electron chi connectivity index (χ1n) is 8.29. The first kappa shape index (κ1) is 19.1. The molecule has 0 spiro atoms. The fraction of sp³-hybridized carbons (Fsp3) is 0.158. The molecule has 2 aromatic carbocycles. The van der Waals surface area contributed by atoms with Gasteiger partial charge in [0.1, 0.15) is 0 Å². The Balaban J connectivity index is 1.86. The standard InChI is InChI=1S/C19H18ClN3O3S/c1-2-27(25,26)23-16-7-6-14-11-21-12-18(17(14)10-16)22-19(24)9-13-4-3-5-15(20)8-13/h3-8,10-12,23H,2,9H2,1H3,(H,22,24). The van der Waals surface area contributed by atoms with E-state index in [9.17, 15) is 13.2 Å². The quantitative estimate of drug-likeness (QED) is 0.654. The molecule has 0 aliphatic rings. The summed E-state index contributed by atoms with van der Waals surface area (Å²) in [5, 5.41) is 4.89. The van der Waals surface area contributed by atoms with Crippen molar-refractivity contribution in [2.24, 2.45) is 0 Å². The van der Waals surface area contributed by atoms with Crippen molar-refractivity contribution in [1.29, 1.82) is 0 Å². The predicted molar refractivity (Wildman–Crippen MR) is 109 cm³/mol. The zero-order valence-corrected chi connectivity index (χ0v) is 16.1. The van der Waals surface area contributed by atoms with Gasteiger partial charge in [-0.25, -0.2) is 8.42 Å². The highest BCUT2D eigenvalue weighted by molar-refractivity contribution is 7.92. The van der Waals surface area contributed by atoms with Gasteiger partial charge in [0.2, 0.25) is 15.9 Å². The SMILES string of the molecule is CCS(=O)(=O)Nc1ccc2cncc(NC(=O)Cc3cccc(Cl)c3)c2c1. The minimum atomic E-state index is -3.39. The lowest BCUT2D eigenvalue weighted by Crippen LogP contribution is -2.15. The van der Waals surface area contributed by atoms with Crippen LogP contribution in [0.4, 0.5) is 11.4 Å². The Morgan fingerprint density at radius 1 is 1.15 bits per heavy atom. The van der Waals surface area contributed by atoms with Crippen LogP contribution >= 0.6 is 11.6 Å². The van der Waals surface area contributed by atoms with E-state index in [1.807, 2.05) is 6.07 Å². The van der Waals surface area contributed by atoms with Gasteiger partial charge in [0.05, 0.1) is 24.1 Å². The number of nitrogens with zero attached hydrogens (tertiary/aromatic N) is 1. The van der Waals surface area contributed by atoms with Gasteiger partial charge in [0.15, 0.2) is 0 Å². The van der Waals surface area contributed by atoms with Gasteiger partial charge in [-0.1, -0.05) is 29.8 Å². The molecule has 0 radical (unpaired) electrons. The lowest BCUT2D eigenvalue weighted by Gasteiger charge is -2.11. The third-order valence-electron chi connectivity index (χ3n) is 3.94. The molecule has 0 bridgehead atoms. The second kappa shape index (κ2) is 7.94. The van der Waals surface area contributed by atoms with Gasteiger partial charge in [-0.3, -0.25) is 14.5 Å². The van der Waals surface area contributed by atoms with Crippen LogP contribution in [-0.4, -0.2) is 25.1 Å². The first-order valence-corrected chi connectivity index (χ1v) is 10.3. The highest BCUT2D eigenvalue weighted by Crippen LogP contribution is 2.26. The van der Waals surface area contributed by atoms with Crippen LogP contribution in [0.5, 0.6) is 0 Å². The van der Waals surface area contributed by atoms with Crippen molar-refractivity contribution in [2.45, 2.75) is 13.3 Å². The summed E-state index contributed by atoms with van der Waals surface area (Å²) in [6.07, 6.45) is 3.36. The summed E-state index contributed by atoms with van der Waals surface area (Å²) < 4.78 is 26.1. The van der Waals surface area contributed by atoms with Crippen molar-refractivity contribution in [2.75, 3.05) is 15.8 Å². The lowest BCUT2D eigenvalue weighted by atomic mass is 10.1. The number of amides is 1. The van der Waals surface area contributed by atoms with E-state index in [0.717, 1.165) is 10.9 Å². The number of halogens is 1. The van der Waals surface area contributed by atoms with E-state index in [2.05, 4.69) is 15.0 Å². The third kappa shape index (κ3) is 4.96. The van der Waals surface area contributed by atoms with E-state index in [0.29, 0.717) is 21.8 Å². The van der Waals surface area contributed by atoms with Crippen LogP contribution in [0.3, 0.4) is 0 Å². The van der Waals surface area contributed by atoms with Crippen molar-refractivity contribution < 1.29 is 13.2 Å². The van der Waals surface area contributed by atoms with Crippen molar-refractivity contribution in [3.63, 3.8) is 0 Å². The summed E-state index contributed by atoms with van der Waals surface area (Å²) in [5.41, 5.74) is 1.74. The summed E-state index contributed by atoms with van der Waals surface area (Å²) in [7, 11) is -3.39. The summed E-state index contributed by atoms with van der Waals surface area (Å²) >= 11 is 5.95. The summed E-state index contributed by atoms with van der Waals surface area (Å²) in [5.74, 6) is -0.240. The van der Waals surface area contributed by atoms with E-state index in [1.54, 1.807) is 49.5 Å². The number of pyridine rings is 1. The predicted octanol–water partition coefficient (Wildman–Crippen LogP) is 3.83. The number of nitrogens with one attached hydrogen (secondary N) is 2. The Morgan fingerprint density at radius 3 is 2.70 bits per heavy atom. The molecule has 3 rings (SSSR count). The normalized spacial score (nSPS) is 11.3. The molecule has 0 saturated carbocycles. The lowest BCUT2D eigenvalue weighted by molar-refractivity contribution is -0.115. The Labute approximate surface area is 162 Å². The number of aromatic nitrogens is 1. The molecule has 1 aromatic heterocycles. The molecule has 0 aliphatic carbocycles. The van der Waals surface area contributed by atoms with Gasteiger partial charge < -0.3 is 5.32 Å². The molecule has 0 saturated heterocycles. The summed E-state index contributed by atoms with van der Waals surface area (Å²) in [4.78, 5) is 16.5. The number of carbonyl (C=O) groups excluding carboxylic acids is 1. The van der Waals surface area contributed by atoms with E-state index in [1.165, 1.54) is 6.20 Å². The summed E-state index contributed by atoms with van der Waals surface area (Å²) in [6.45, 7) is 1.56. The molecule has 1 heterocycles. The van der Waals surface area contributed by atoms with Crippen LogP contribution in [0.2, 0.25) is 5.02 Å². The zero-order valence-electron chi connectivity index (χ0n) is 14.6. The van der Waals surface area contributed by atoms with Crippen LogP contribution in [-0.2, 0) is 21.2 Å². The highest BCUT2D eigenvalue weighted by atomic mass is 35.5. The topological polar surface area (TPSA) is 88.2 Å². The van der Waals surface area contributed by atoms with Crippen LogP contribution in [0, 0.1) is 0 Å². The number of hydrogen-bond donors (Lipinski definition) is 2. The van der Waals surface area contributed by atoms with Crippen LogP contribution in [0.25, 0.3) is 10.8 Å². The third-order valence-corrected chi connectivity index (χ3v) is 5.48. The molecule has 8 heteroatoms. The molecule has 0 fully saturated rings. The summed E-state index contributed by atoms with van der Waals surface area (Å²) in [6, 6.07) is 12.2. The average molecular weight is 404 g/mol. The fourth-order valence-corrected chi connectivity index (χ4v) is 3.45. The van der Waals surface area contributed by atoms with Gasteiger partial charge in [-0.05, 0) is 36.8 Å². The largest absolute Gasteiger partial charge is 0.324 e. The van der Waals surface area contributed by atoms with E-state index < -0.39 is 10.0 Å². The number of carbonyl (C=O) groups is 1. The van der Waals surface area contributed by atoms with Gasteiger partial charge in [0, 0.05) is 27.7 Å². The second-order valence-corrected chi connectivity index (χ2v) is 8.43. The minimum absolute atomic E-state index is 0.0232. The molecule has 3 aromatic rings. The molecule has 0 aliphatic heterocycles. The number of fused-ring (bicyclic) bond motifs is 1. The monoisotopic (exact) mass is 403 g/mol. The maximum absolute atomic E-state index is 12.4. The van der Waals surface area contributed by atoms with Crippen LogP contribution in [0.15, 0.2) is 54.9 Å². The van der Waals surface area contributed by atoms with Crippen molar-refractivity contribution in [1.82, 2.24) is 4.98 Å². The number of rotatable bonds is 6. The molecule has 0 atom stereocenters. The molecular formula is C19H18ClN3O3S. The molecule has 6 nitrogen and oxygen atoms in total.